The molecule has 1 aliphatic rings. The molecule has 0 radical (unpaired) electrons. The Morgan fingerprint density at radius 3 is 3.14 bits per heavy atom. The molecule has 4 heteroatoms. The first-order valence-electron chi connectivity index (χ1n) is 4.52. The van der Waals surface area contributed by atoms with Crippen molar-refractivity contribution in [3.8, 4) is 0 Å². The van der Waals surface area contributed by atoms with E-state index in [1.807, 2.05) is 13.0 Å². The molecule has 1 unspecified atom stereocenters. The van der Waals surface area contributed by atoms with Crippen LogP contribution < -0.4 is 11.1 Å². The van der Waals surface area contributed by atoms with Crippen molar-refractivity contribution in [3.63, 3.8) is 0 Å². The first-order chi connectivity index (χ1) is 6.56. The molecule has 1 heterocycles. The third kappa shape index (κ3) is 2.73. The Bertz CT molecular complexity index is 306. The minimum Gasteiger partial charge on any atom is -0.370 e. The van der Waals surface area contributed by atoms with E-state index >= 15 is 0 Å². The molecular weight excluding hydrogens is 178 g/mol. The third-order valence-electron chi connectivity index (χ3n) is 2.08. The number of amides is 1. The van der Waals surface area contributed by atoms with Gasteiger partial charge in [0, 0.05) is 6.08 Å². The van der Waals surface area contributed by atoms with Gasteiger partial charge in [-0.25, -0.2) is 4.99 Å². The summed E-state index contributed by atoms with van der Waals surface area (Å²) in [5.74, 6) is -0.0554. The van der Waals surface area contributed by atoms with Gasteiger partial charge in [0.2, 0.25) is 5.91 Å². The Hall–Kier alpha value is -1.58. The van der Waals surface area contributed by atoms with Gasteiger partial charge in [-0.2, -0.15) is 0 Å². The van der Waals surface area contributed by atoms with Crippen LogP contribution in [0.5, 0.6) is 0 Å². The highest BCUT2D eigenvalue weighted by atomic mass is 16.1. The first-order valence-corrected chi connectivity index (χ1v) is 4.52. The molecule has 1 atom stereocenters. The van der Waals surface area contributed by atoms with Gasteiger partial charge in [-0.05, 0) is 19.8 Å². The van der Waals surface area contributed by atoms with Crippen LogP contribution in [0.2, 0.25) is 0 Å². The van der Waals surface area contributed by atoms with Crippen LogP contribution in [0.15, 0.2) is 29.8 Å². The maximum atomic E-state index is 11.1. The normalized spacial score (nSPS) is 26.4. The summed E-state index contributed by atoms with van der Waals surface area (Å²) in [5, 5.41) is 2.45. The molecule has 4 nitrogen and oxygen atoms in total. The molecule has 1 aliphatic heterocycles. The number of carbonyl (C=O) groups excluding carboxylic acids is 1. The van der Waals surface area contributed by atoms with E-state index < -0.39 is 5.54 Å². The number of nitrogens with zero attached hydrogens (tertiary/aromatic N) is 1. The predicted octanol–water partition coefficient (Wildman–Crippen LogP) is 0.712. The summed E-state index contributed by atoms with van der Waals surface area (Å²) in [5.41, 5.74) is 5.12. The van der Waals surface area contributed by atoms with Crippen LogP contribution in [0.4, 0.5) is 0 Å². The number of rotatable bonds is 3. The zero-order valence-corrected chi connectivity index (χ0v) is 8.29. The van der Waals surface area contributed by atoms with E-state index in [0.29, 0.717) is 0 Å². The predicted molar refractivity (Wildman–Crippen MR) is 56.7 cm³/mol. The van der Waals surface area contributed by atoms with Crippen LogP contribution >= 0.6 is 0 Å². The van der Waals surface area contributed by atoms with Gasteiger partial charge in [-0.1, -0.05) is 12.2 Å². The highest BCUT2D eigenvalue weighted by molar-refractivity contribution is 6.02. The molecule has 0 saturated carbocycles. The summed E-state index contributed by atoms with van der Waals surface area (Å²) in [6.07, 6.45) is 6.69. The van der Waals surface area contributed by atoms with E-state index in [1.54, 1.807) is 6.08 Å². The smallest absolute Gasteiger partial charge is 0.250 e. The van der Waals surface area contributed by atoms with Crippen LogP contribution in [-0.4, -0.2) is 17.4 Å². The van der Waals surface area contributed by atoms with Gasteiger partial charge in [-0.15, -0.1) is 6.58 Å². The minimum absolute atomic E-state index is 0.173. The van der Waals surface area contributed by atoms with Crippen molar-refractivity contribution in [1.29, 1.82) is 0 Å². The lowest BCUT2D eigenvalue weighted by molar-refractivity contribution is -0.115. The maximum absolute atomic E-state index is 11.1. The second-order valence-corrected chi connectivity index (χ2v) is 3.50. The van der Waals surface area contributed by atoms with E-state index in [2.05, 4.69) is 16.9 Å². The number of hydrogen-bond donors (Lipinski definition) is 2. The van der Waals surface area contributed by atoms with Crippen molar-refractivity contribution >= 4 is 11.9 Å². The lowest BCUT2D eigenvalue weighted by Gasteiger charge is -2.19. The van der Waals surface area contributed by atoms with Crippen molar-refractivity contribution in [1.82, 2.24) is 5.32 Å². The average Bonchev–Trinajstić information content (AvgIpc) is 2.23. The van der Waals surface area contributed by atoms with Crippen LogP contribution in [-0.2, 0) is 4.79 Å². The number of carbonyl (C=O) groups is 1. The average molecular weight is 193 g/mol. The number of aliphatic imine (C=N–C) groups is 1. The van der Waals surface area contributed by atoms with Gasteiger partial charge in [0.05, 0.1) is 5.54 Å². The quantitative estimate of drug-likeness (QED) is 0.648. The van der Waals surface area contributed by atoms with Gasteiger partial charge >= 0.3 is 0 Å². The summed E-state index contributed by atoms with van der Waals surface area (Å²) >= 11 is 0. The third-order valence-corrected chi connectivity index (χ3v) is 2.08. The molecule has 14 heavy (non-hydrogen) atoms. The number of nitrogens with two attached hydrogens (primary N) is 1. The van der Waals surface area contributed by atoms with E-state index in [-0.39, 0.29) is 11.9 Å². The molecule has 0 bridgehead atoms. The van der Waals surface area contributed by atoms with Crippen LogP contribution in [0.1, 0.15) is 19.8 Å². The minimum atomic E-state index is -0.405. The van der Waals surface area contributed by atoms with Crippen LogP contribution in [0.25, 0.3) is 0 Å². The molecule has 1 rings (SSSR count). The molecule has 0 fully saturated rings. The molecule has 1 amide bonds. The molecule has 0 aliphatic carbocycles. The monoisotopic (exact) mass is 193 g/mol. The maximum Gasteiger partial charge on any atom is 0.250 e. The molecule has 0 aromatic heterocycles. The number of nitrogens with one attached hydrogen (secondary N) is 1. The number of guanidine groups is 1. The number of hydrogen-bond acceptors (Lipinski definition) is 3. The fraction of sp³-hybridized carbons (Fsp3) is 0.400. The molecule has 0 aromatic rings. The Balaban J connectivity index is 2.84. The Kier molecular flexibility index (Phi) is 3.06. The van der Waals surface area contributed by atoms with Gasteiger partial charge in [0.25, 0.3) is 0 Å². The van der Waals surface area contributed by atoms with E-state index in [1.165, 1.54) is 6.08 Å². The molecule has 0 aromatic carbocycles. The van der Waals surface area contributed by atoms with Crippen molar-refractivity contribution in [2.45, 2.75) is 25.3 Å². The summed E-state index contributed by atoms with van der Waals surface area (Å²) in [4.78, 5) is 15.3. The topological polar surface area (TPSA) is 67.5 Å². The Morgan fingerprint density at radius 2 is 2.50 bits per heavy atom. The molecule has 76 valence electrons. The standard InChI is InChI=1S/C10H15N3O/c1-3-4-6-10(2)7-5-8(14)12-9(11)13-10/h3,5,7H,1,4,6H2,2H3,(H3,11,12,13,14). The lowest BCUT2D eigenvalue weighted by Crippen LogP contribution is -2.36. The second kappa shape index (κ2) is 4.09. The summed E-state index contributed by atoms with van der Waals surface area (Å²) in [7, 11) is 0. The van der Waals surface area contributed by atoms with E-state index in [9.17, 15) is 4.79 Å². The highest BCUT2D eigenvalue weighted by Gasteiger charge is 2.22. The summed E-state index contributed by atoms with van der Waals surface area (Å²) < 4.78 is 0. The van der Waals surface area contributed by atoms with Gasteiger partial charge in [0.1, 0.15) is 0 Å². The Morgan fingerprint density at radius 1 is 1.79 bits per heavy atom. The van der Waals surface area contributed by atoms with Gasteiger partial charge in [-0.3, -0.25) is 10.1 Å². The van der Waals surface area contributed by atoms with Crippen LogP contribution in [0.3, 0.4) is 0 Å². The zero-order chi connectivity index (χ0) is 10.6. The van der Waals surface area contributed by atoms with E-state index in [4.69, 9.17) is 5.73 Å². The largest absolute Gasteiger partial charge is 0.370 e. The van der Waals surface area contributed by atoms with E-state index in [0.717, 1.165) is 12.8 Å². The van der Waals surface area contributed by atoms with Crippen molar-refractivity contribution < 1.29 is 4.79 Å². The van der Waals surface area contributed by atoms with Crippen molar-refractivity contribution in [3.05, 3.63) is 24.8 Å². The molecule has 0 saturated heterocycles. The lowest BCUT2D eigenvalue weighted by atomic mass is 9.96. The van der Waals surface area contributed by atoms with Gasteiger partial charge in [0.15, 0.2) is 5.96 Å². The summed E-state index contributed by atoms with van der Waals surface area (Å²) in [6, 6.07) is 0. The van der Waals surface area contributed by atoms with Crippen molar-refractivity contribution in [2.75, 3.05) is 0 Å². The van der Waals surface area contributed by atoms with Gasteiger partial charge < -0.3 is 5.73 Å². The second-order valence-electron chi connectivity index (χ2n) is 3.50. The SMILES string of the molecule is C=CCCC1(C)C=CC(=O)NC(N)=N1. The molecule has 0 spiro atoms. The molecule has 3 N–H and O–H groups in total. The zero-order valence-electron chi connectivity index (χ0n) is 8.29. The van der Waals surface area contributed by atoms with Crippen molar-refractivity contribution in [2.24, 2.45) is 10.7 Å². The fourth-order valence-corrected chi connectivity index (χ4v) is 1.30. The highest BCUT2D eigenvalue weighted by Crippen LogP contribution is 2.20. The Labute approximate surface area is 83.6 Å². The fourth-order valence-electron chi connectivity index (χ4n) is 1.30. The van der Waals surface area contributed by atoms with Crippen LogP contribution in [0, 0.1) is 0 Å². The number of allylic oxidation sites excluding steroid dienone is 1. The first kappa shape index (κ1) is 10.5. The summed E-state index contributed by atoms with van der Waals surface area (Å²) in [6.45, 7) is 5.58. The molecular formula is C10H15N3O.